The number of hydrogen-bond donors (Lipinski definition) is 1. The lowest BCUT2D eigenvalue weighted by Crippen LogP contribution is -2.14. The van der Waals surface area contributed by atoms with Crippen LogP contribution in [0.4, 0.5) is 4.39 Å². The summed E-state index contributed by atoms with van der Waals surface area (Å²) >= 11 is 15.4. The topological polar surface area (TPSA) is 26.0 Å². The Bertz CT molecular complexity index is 604. The lowest BCUT2D eigenvalue weighted by molar-refractivity contribution is 0.623. The average Bonchev–Trinajstić information content (AvgIpc) is 2.34. The number of benzene rings is 2. The van der Waals surface area contributed by atoms with E-state index < -0.39 is 0 Å². The van der Waals surface area contributed by atoms with Crippen LogP contribution in [0, 0.1) is 5.82 Å². The van der Waals surface area contributed by atoms with Crippen LogP contribution < -0.4 is 5.73 Å². The molecule has 2 aromatic carbocycles. The maximum absolute atomic E-state index is 13.0. The van der Waals surface area contributed by atoms with E-state index in [1.165, 1.54) is 12.1 Å². The largest absolute Gasteiger partial charge is 0.324 e. The van der Waals surface area contributed by atoms with Gasteiger partial charge in [-0.3, -0.25) is 0 Å². The molecule has 0 aromatic heterocycles. The molecule has 0 amide bonds. The summed E-state index contributed by atoms with van der Waals surface area (Å²) in [6.45, 7) is 0. The van der Waals surface area contributed by atoms with Gasteiger partial charge in [-0.15, -0.1) is 0 Å². The molecular weight excluding hydrogens is 352 g/mol. The van der Waals surface area contributed by atoms with Gasteiger partial charge < -0.3 is 5.73 Å². The second-order valence-corrected chi connectivity index (χ2v) is 5.83. The molecule has 0 bridgehead atoms. The van der Waals surface area contributed by atoms with E-state index in [0.717, 1.165) is 11.1 Å². The zero-order chi connectivity index (χ0) is 14.0. The lowest BCUT2D eigenvalue weighted by atomic mass is 9.99. The van der Waals surface area contributed by atoms with Gasteiger partial charge in [-0.05, 0) is 35.7 Å². The molecular formula is C14H11BrCl2FN. The predicted octanol–water partition coefficient (Wildman–Crippen LogP) is 5.14. The Morgan fingerprint density at radius 2 is 1.95 bits per heavy atom. The molecule has 0 heterocycles. The van der Waals surface area contributed by atoms with Crippen LogP contribution in [0.25, 0.3) is 0 Å². The third-order valence-electron chi connectivity index (χ3n) is 2.83. The van der Waals surface area contributed by atoms with Crippen LogP contribution in [0.1, 0.15) is 17.2 Å². The van der Waals surface area contributed by atoms with Crippen LogP contribution in [-0.2, 0) is 6.42 Å². The van der Waals surface area contributed by atoms with Gasteiger partial charge in [0.2, 0.25) is 0 Å². The highest BCUT2D eigenvalue weighted by molar-refractivity contribution is 9.10. The van der Waals surface area contributed by atoms with E-state index in [1.54, 1.807) is 12.1 Å². The van der Waals surface area contributed by atoms with Crippen LogP contribution in [0.2, 0.25) is 10.0 Å². The van der Waals surface area contributed by atoms with E-state index in [9.17, 15) is 4.39 Å². The van der Waals surface area contributed by atoms with Crippen molar-refractivity contribution in [2.24, 2.45) is 5.73 Å². The van der Waals surface area contributed by atoms with Crippen molar-refractivity contribution >= 4 is 39.1 Å². The Balaban J connectivity index is 2.25. The normalized spacial score (nSPS) is 12.5. The van der Waals surface area contributed by atoms with Gasteiger partial charge in [0, 0.05) is 10.5 Å². The molecule has 0 saturated carbocycles. The molecule has 1 atom stereocenters. The molecule has 2 N–H and O–H groups in total. The minimum absolute atomic E-state index is 0.286. The van der Waals surface area contributed by atoms with Crippen LogP contribution in [0.15, 0.2) is 40.9 Å². The molecule has 0 aliphatic heterocycles. The minimum atomic E-state index is -0.302. The standard InChI is InChI=1S/C14H11BrCl2FN/c15-11-7-9(18)4-5-10(11)13(19)6-8-2-1-3-12(16)14(8)17/h1-5,7,13H,6,19H2. The van der Waals surface area contributed by atoms with Gasteiger partial charge in [0.05, 0.1) is 10.0 Å². The predicted molar refractivity (Wildman–Crippen MR) is 81.2 cm³/mol. The SMILES string of the molecule is NC(Cc1cccc(Cl)c1Cl)c1ccc(F)cc1Br. The molecule has 5 heteroatoms. The smallest absolute Gasteiger partial charge is 0.124 e. The third kappa shape index (κ3) is 3.48. The van der Waals surface area contributed by atoms with Gasteiger partial charge in [0.1, 0.15) is 5.82 Å². The Morgan fingerprint density at radius 1 is 1.21 bits per heavy atom. The average molecular weight is 363 g/mol. The van der Waals surface area contributed by atoms with E-state index >= 15 is 0 Å². The first-order valence-electron chi connectivity index (χ1n) is 5.62. The second kappa shape index (κ2) is 6.23. The van der Waals surface area contributed by atoms with Crippen molar-refractivity contribution in [3.8, 4) is 0 Å². The fourth-order valence-electron chi connectivity index (χ4n) is 1.86. The van der Waals surface area contributed by atoms with E-state index in [0.29, 0.717) is 20.9 Å². The fraction of sp³-hybridized carbons (Fsp3) is 0.143. The highest BCUT2D eigenvalue weighted by Crippen LogP contribution is 2.30. The van der Waals surface area contributed by atoms with Crippen molar-refractivity contribution < 1.29 is 4.39 Å². The monoisotopic (exact) mass is 361 g/mol. The quantitative estimate of drug-likeness (QED) is 0.803. The summed E-state index contributed by atoms with van der Waals surface area (Å²) in [6, 6.07) is 9.61. The molecule has 0 fully saturated rings. The van der Waals surface area contributed by atoms with Crippen LogP contribution >= 0.6 is 39.1 Å². The van der Waals surface area contributed by atoms with Gasteiger partial charge >= 0.3 is 0 Å². The molecule has 19 heavy (non-hydrogen) atoms. The molecule has 0 aliphatic carbocycles. The second-order valence-electron chi connectivity index (χ2n) is 4.19. The Morgan fingerprint density at radius 3 is 2.63 bits per heavy atom. The summed E-state index contributed by atoms with van der Waals surface area (Å²) in [5, 5.41) is 1.02. The maximum Gasteiger partial charge on any atom is 0.124 e. The van der Waals surface area contributed by atoms with E-state index in [2.05, 4.69) is 15.9 Å². The van der Waals surface area contributed by atoms with E-state index in [1.807, 2.05) is 12.1 Å². The molecule has 0 spiro atoms. The molecule has 100 valence electrons. The van der Waals surface area contributed by atoms with Crippen LogP contribution in [0.3, 0.4) is 0 Å². The van der Waals surface area contributed by atoms with Crippen molar-refractivity contribution in [2.75, 3.05) is 0 Å². The number of hydrogen-bond acceptors (Lipinski definition) is 1. The first-order valence-corrected chi connectivity index (χ1v) is 7.17. The van der Waals surface area contributed by atoms with Crippen molar-refractivity contribution in [3.05, 3.63) is 67.9 Å². The van der Waals surface area contributed by atoms with Gasteiger partial charge in [-0.2, -0.15) is 0 Å². The minimum Gasteiger partial charge on any atom is -0.324 e. The summed E-state index contributed by atoms with van der Waals surface area (Å²) < 4.78 is 13.7. The molecule has 1 unspecified atom stereocenters. The highest BCUT2D eigenvalue weighted by atomic mass is 79.9. The molecule has 0 radical (unpaired) electrons. The molecule has 1 nitrogen and oxygen atoms in total. The van der Waals surface area contributed by atoms with E-state index in [-0.39, 0.29) is 11.9 Å². The fourth-order valence-corrected chi connectivity index (χ4v) is 2.90. The zero-order valence-electron chi connectivity index (χ0n) is 9.84. The Hall–Kier alpha value is -0.610. The highest BCUT2D eigenvalue weighted by Gasteiger charge is 2.14. The van der Waals surface area contributed by atoms with Crippen molar-refractivity contribution in [1.29, 1.82) is 0 Å². The third-order valence-corrected chi connectivity index (χ3v) is 4.38. The first-order chi connectivity index (χ1) is 8.99. The molecule has 0 aliphatic rings. The molecule has 2 rings (SSSR count). The Labute approximate surface area is 129 Å². The van der Waals surface area contributed by atoms with Gasteiger partial charge in [0.25, 0.3) is 0 Å². The molecule has 2 aromatic rings. The number of halogens is 4. The molecule has 0 saturated heterocycles. The summed E-state index contributed by atoms with van der Waals surface area (Å²) in [5.41, 5.74) is 7.85. The van der Waals surface area contributed by atoms with Crippen molar-refractivity contribution in [2.45, 2.75) is 12.5 Å². The maximum atomic E-state index is 13.0. The zero-order valence-corrected chi connectivity index (χ0v) is 12.9. The summed E-state index contributed by atoms with van der Waals surface area (Å²) in [6.07, 6.45) is 0.531. The summed E-state index contributed by atoms with van der Waals surface area (Å²) in [5.74, 6) is -0.302. The van der Waals surface area contributed by atoms with Crippen LogP contribution in [-0.4, -0.2) is 0 Å². The van der Waals surface area contributed by atoms with Gasteiger partial charge in [0.15, 0.2) is 0 Å². The van der Waals surface area contributed by atoms with Crippen molar-refractivity contribution in [3.63, 3.8) is 0 Å². The first kappa shape index (κ1) is 14.8. The van der Waals surface area contributed by atoms with Crippen LogP contribution in [0.5, 0.6) is 0 Å². The number of rotatable bonds is 3. The number of nitrogens with two attached hydrogens (primary N) is 1. The van der Waals surface area contributed by atoms with E-state index in [4.69, 9.17) is 28.9 Å². The van der Waals surface area contributed by atoms with Gasteiger partial charge in [-0.1, -0.05) is 57.3 Å². The van der Waals surface area contributed by atoms with Crippen molar-refractivity contribution in [1.82, 2.24) is 0 Å². The summed E-state index contributed by atoms with van der Waals surface area (Å²) in [7, 11) is 0. The Kier molecular flexibility index (Phi) is 4.85. The lowest BCUT2D eigenvalue weighted by Gasteiger charge is -2.15. The van der Waals surface area contributed by atoms with Gasteiger partial charge in [-0.25, -0.2) is 4.39 Å². The summed E-state index contributed by atoms with van der Waals surface area (Å²) in [4.78, 5) is 0.